The molecule has 1 saturated heterocycles. The van der Waals surface area contributed by atoms with Crippen molar-refractivity contribution < 1.29 is 46.1 Å². The van der Waals surface area contributed by atoms with Gasteiger partial charge in [0.2, 0.25) is 5.82 Å². The van der Waals surface area contributed by atoms with Crippen LogP contribution < -0.4 is 10.0 Å². The number of carbonyl (C=O) groups is 1. The molecular weight excluding hydrogens is 607 g/mol. The number of hydrogen-bond donors (Lipinski definition) is 2. The normalized spacial score (nSPS) is 20.0. The van der Waals surface area contributed by atoms with Crippen molar-refractivity contribution in [2.24, 2.45) is 5.92 Å². The van der Waals surface area contributed by atoms with Gasteiger partial charge in [0.05, 0.1) is 18.8 Å². The summed E-state index contributed by atoms with van der Waals surface area (Å²) in [7, 11) is 0. The molecule has 5 rings (SSSR count). The zero-order valence-corrected chi connectivity index (χ0v) is 23.8. The van der Waals surface area contributed by atoms with E-state index in [9.17, 15) is 37.1 Å². The van der Waals surface area contributed by atoms with Crippen LogP contribution in [-0.2, 0) is 16.1 Å². The molecule has 0 spiro atoms. The monoisotopic (exact) mass is 632 g/mol. The lowest BCUT2D eigenvalue weighted by Gasteiger charge is -2.41. The van der Waals surface area contributed by atoms with Crippen LogP contribution in [0.3, 0.4) is 0 Å². The summed E-state index contributed by atoms with van der Waals surface area (Å²) in [5.74, 6) is -12.7. The van der Waals surface area contributed by atoms with Gasteiger partial charge < -0.3 is 25.1 Å². The predicted molar refractivity (Wildman–Crippen MR) is 150 cm³/mol. The van der Waals surface area contributed by atoms with E-state index in [-0.39, 0.29) is 18.2 Å². The van der Waals surface area contributed by atoms with E-state index >= 15 is 0 Å². The van der Waals surface area contributed by atoms with E-state index in [1.807, 2.05) is 19.1 Å². The molecule has 230 valence electrons. The number of aromatic nitrogens is 1. The molecule has 2 N–H and O–H groups in total. The number of halogens is 5. The second-order valence-electron chi connectivity index (χ2n) is 10.0. The van der Waals surface area contributed by atoms with Gasteiger partial charge in [-0.2, -0.15) is 4.73 Å². The second-order valence-corrected chi connectivity index (χ2v) is 11.1. The first-order valence-electron chi connectivity index (χ1n) is 13.3. The Kier molecular flexibility index (Phi) is 9.49. The molecule has 1 aromatic heterocycles. The van der Waals surface area contributed by atoms with Crippen molar-refractivity contribution in [1.82, 2.24) is 0 Å². The summed E-state index contributed by atoms with van der Waals surface area (Å²) in [6.07, 6.45) is -0.584. The number of hydrogen-bond acceptors (Lipinski definition) is 6. The van der Waals surface area contributed by atoms with Crippen molar-refractivity contribution in [1.29, 1.82) is 0 Å². The zero-order chi connectivity index (χ0) is 31.5. The first-order valence-corrected chi connectivity index (χ1v) is 14.3. The minimum atomic E-state index is -2.37. The molecule has 0 saturated carbocycles. The number of nitrogens with zero attached hydrogens (tertiary/aromatic N) is 1. The number of ether oxygens (including phenoxy) is 2. The second kappa shape index (κ2) is 13.3. The molecule has 13 heteroatoms. The Hall–Kier alpha value is -4.04. The topological polar surface area (TPSA) is 94.7 Å². The van der Waals surface area contributed by atoms with Crippen LogP contribution in [-0.4, -0.2) is 22.9 Å². The first-order chi connectivity index (χ1) is 21.1. The van der Waals surface area contributed by atoms with Crippen LogP contribution in [0.4, 0.5) is 27.6 Å². The highest BCUT2D eigenvalue weighted by Crippen LogP contribution is 2.43. The van der Waals surface area contributed by atoms with Gasteiger partial charge in [-0.3, -0.25) is 4.79 Å². The van der Waals surface area contributed by atoms with Crippen LogP contribution in [0.5, 0.6) is 0 Å². The number of aliphatic hydroxyl groups is 1. The molecule has 0 bridgehead atoms. The van der Waals surface area contributed by atoms with E-state index in [1.165, 1.54) is 36.2 Å². The molecule has 4 aromatic rings. The highest BCUT2D eigenvalue weighted by molar-refractivity contribution is 7.99. The van der Waals surface area contributed by atoms with Crippen LogP contribution >= 0.6 is 11.8 Å². The van der Waals surface area contributed by atoms with E-state index in [0.29, 0.717) is 21.9 Å². The van der Waals surface area contributed by atoms with Crippen molar-refractivity contribution in [3.05, 3.63) is 129 Å². The number of carbonyl (C=O) groups excluding carboxylic acids is 1. The quantitative estimate of drug-likeness (QED) is 0.0588. The maximum Gasteiger partial charge on any atom is 0.261 e. The smallest absolute Gasteiger partial charge is 0.261 e. The standard InChI is InChI=1S/C31H25F5N2O5S/c1-16-21(15-44-22-7-2-3-12-38(22)41)42-31(43-29(16)18-10-8-17(14-39)9-11-18)19-5-4-6-20(13-19)37-30(40)23-24(32)26(34)28(36)27(35)25(23)33/h2-13,16,21,29,31,39H,14-15H2,1H3,(H,37,40)/t16-,21+,29+,31+/m1/s1. The summed E-state index contributed by atoms with van der Waals surface area (Å²) in [6.45, 7) is 1.80. The van der Waals surface area contributed by atoms with Gasteiger partial charge in [0.15, 0.2) is 35.8 Å². The maximum absolute atomic E-state index is 14.2. The minimum absolute atomic E-state index is 0.0197. The van der Waals surface area contributed by atoms with Gasteiger partial charge in [0, 0.05) is 35.1 Å². The largest absolute Gasteiger partial charge is 0.618 e. The molecule has 4 atom stereocenters. The Morgan fingerprint density at radius 3 is 2.25 bits per heavy atom. The molecular formula is C31H25F5N2O5S. The zero-order valence-electron chi connectivity index (χ0n) is 23.0. The van der Waals surface area contributed by atoms with Gasteiger partial charge in [-0.1, -0.05) is 55.1 Å². The average Bonchev–Trinajstić information content (AvgIpc) is 3.03. The number of rotatable bonds is 8. The predicted octanol–water partition coefficient (Wildman–Crippen LogP) is 6.34. The van der Waals surface area contributed by atoms with Crippen LogP contribution in [0.1, 0.15) is 46.4 Å². The van der Waals surface area contributed by atoms with Gasteiger partial charge in [-0.05, 0) is 29.3 Å². The van der Waals surface area contributed by atoms with Crippen molar-refractivity contribution in [3.63, 3.8) is 0 Å². The van der Waals surface area contributed by atoms with Gasteiger partial charge in [0.25, 0.3) is 10.9 Å². The number of thioether (sulfide) groups is 1. The van der Waals surface area contributed by atoms with E-state index < -0.39 is 59.1 Å². The Morgan fingerprint density at radius 2 is 1.59 bits per heavy atom. The Balaban J connectivity index is 1.42. The van der Waals surface area contributed by atoms with Gasteiger partial charge >= 0.3 is 0 Å². The minimum Gasteiger partial charge on any atom is -0.618 e. The molecule has 1 fully saturated rings. The highest BCUT2D eigenvalue weighted by Gasteiger charge is 2.39. The van der Waals surface area contributed by atoms with Crippen molar-refractivity contribution >= 4 is 23.4 Å². The average molecular weight is 633 g/mol. The lowest BCUT2D eigenvalue weighted by atomic mass is 9.91. The Bertz CT molecular complexity index is 1650. The Morgan fingerprint density at radius 1 is 0.909 bits per heavy atom. The van der Waals surface area contributed by atoms with Crippen LogP contribution in [0.2, 0.25) is 0 Å². The number of benzene rings is 3. The maximum atomic E-state index is 14.2. The lowest BCUT2D eigenvalue weighted by molar-refractivity contribution is -0.645. The van der Waals surface area contributed by atoms with Crippen molar-refractivity contribution in [2.45, 2.75) is 37.1 Å². The molecule has 2 heterocycles. The molecule has 7 nitrogen and oxygen atoms in total. The number of amides is 1. The van der Waals surface area contributed by atoms with Gasteiger partial charge in [-0.25, -0.2) is 22.0 Å². The van der Waals surface area contributed by atoms with Gasteiger partial charge in [0.1, 0.15) is 5.56 Å². The molecule has 0 radical (unpaired) electrons. The summed E-state index contributed by atoms with van der Waals surface area (Å²) >= 11 is 1.29. The summed E-state index contributed by atoms with van der Waals surface area (Å²) < 4.78 is 82.6. The van der Waals surface area contributed by atoms with Crippen LogP contribution in [0, 0.1) is 40.2 Å². The summed E-state index contributed by atoms with van der Waals surface area (Å²) in [6, 6.07) is 18.1. The number of anilines is 1. The van der Waals surface area contributed by atoms with Crippen molar-refractivity contribution in [2.75, 3.05) is 11.1 Å². The third-order valence-corrected chi connectivity index (χ3v) is 8.27. The van der Waals surface area contributed by atoms with E-state index in [2.05, 4.69) is 5.32 Å². The number of aliphatic hydroxyl groups excluding tert-OH is 1. The SMILES string of the molecule is C[C@@H]1[C@H](CSc2cccc[n+]2[O-])O[C@H](c2cccc(NC(=O)c3c(F)c(F)c(F)c(F)c3F)c2)O[C@@H]1c1ccc(CO)cc1. The van der Waals surface area contributed by atoms with Gasteiger partial charge in [-0.15, -0.1) is 0 Å². The summed E-state index contributed by atoms with van der Waals surface area (Å²) in [4.78, 5) is 12.6. The van der Waals surface area contributed by atoms with E-state index in [1.54, 1.807) is 36.4 Å². The molecule has 1 amide bonds. The molecule has 1 aliphatic heterocycles. The first kappa shape index (κ1) is 31.4. The molecule has 3 aromatic carbocycles. The summed E-state index contributed by atoms with van der Waals surface area (Å²) in [5.41, 5.74) is 0.253. The third kappa shape index (κ3) is 6.41. The number of nitrogens with one attached hydrogen (secondary N) is 1. The highest BCUT2D eigenvalue weighted by atomic mass is 32.2. The number of pyridine rings is 1. The third-order valence-electron chi connectivity index (χ3n) is 7.16. The fraction of sp³-hybridized carbons (Fsp3) is 0.226. The summed E-state index contributed by atoms with van der Waals surface area (Å²) in [5, 5.41) is 24.3. The molecule has 44 heavy (non-hydrogen) atoms. The molecule has 1 aliphatic rings. The van der Waals surface area contributed by atoms with E-state index in [0.717, 1.165) is 10.3 Å². The molecule has 0 unspecified atom stereocenters. The lowest BCUT2D eigenvalue weighted by Crippen LogP contribution is -2.39. The fourth-order valence-electron chi connectivity index (χ4n) is 4.76. The molecule has 0 aliphatic carbocycles. The van der Waals surface area contributed by atoms with E-state index in [4.69, 9.17) is 9.47 Å². The van der Waals surface area contributed by atoms with Crippen LogP contribution in [0.25, 0.3) is 0 Å². The Labute approximate surface area is 252 Å². The fourth-order valence-corrected chi connectivity index (χ4v) is 5.84. The van der Waals surface area contributed by atoms with Crippen LogP contribution in [0.15, 0.2) is 78.0 Å². The van der Waals surface area contributed by atoms with Crippen molar-refractivity contribution in [3.8, 4) is 0 Å².